The molecule has 0 spiro atoms. The number of rotatable bonds is 6. The number of benzene rings is 4. The van der Waals surface area contributed by atoms with Crippen molar-refractivity contribution in [2.45, 2.75) is 6.61 Å². The van der Waals surface area contributed by atoms with E-state index in [2.05, 4.69) is 16.2 Å². The fraction of sp³-hybridized carbons (Fsp3) is 0.0357. The Labute approximate surface area is 208 Å². The first-order valence-electron chi connectivity index (χ1n) is 10.9. The first-order valence-corrected chi connectivity index (χ1v) is 11.3. The fourth-order valence-corrected chi connectivity index (χ4v) is 3.42. The molecule has 0 bridgehead atoms. The lowest BCUT2D eigenvalue weighted by Crippen LogP contribution is -2.48. The summed E-state index contributed by atoms with van der Waals surface area (Å²) in [6.07, 6.45) is 0. The number of hydrazine groups is 1. The van der Waals surface area contributed by atoms with Crippen LogP contribution in [0.15, 0.2) is 109 Å². The molecule has 4 aromatic rings. The number of carbonyl (C=O) groups excluding carboxylic acids is 2. The molecule has 35 heavy (non-hydrogen) atoms. The summed E-state index contributed by atoms with van der Waals surface area (Å²) in [5, 5.41) is 2.53. The van der Waals surface area contributed by atoms with Crippen molar-refractivity contribution in [3.05, 3.63) is 126 Å². The van der Waals surface area contributed by atoms with E-state index in [-0.39, 0.29) is 11.0 Å². The molecule has 7 heteroatoms. The van der Waals surface area contributed by atoms with E-state index in [1.807, 2.05) is 72.8 Å². The van der Waals surface area contributed by atoms with Gasteiger partial charge >= 0.3 is 0 Å². The lowest BCUT2D eigenvalue weighted by atomic mass is 10.0. The summed E-state index contributed by atoms with van der Waals surface area (Å²) in [6.45, 7) is 0.441. The van der Waals surface area contributed by atoms with Crippen molar-refractivity contribution in [1.29, 1.82) is 0 Å². The summed E-state index contributed by atoms with van der Waals surface area (Å²) in [5.74, 6) is -0.126. The molecule has 0 heterocycles. The summed E-state index contributed by atoms with van der Waals surface area (Å²) in [5.41, 5.74) is 9.02. The van der Waals surface area contributed by atoms with E-state index >= 15 is 0 Å². The van der Waals surface area contributed by atoms with Gasteiger partial charge in [-0.1, -0.05) is 72.8 Å². The minimum absolute atomic E-state index is 0.0155. The first kappa shape index (κ1) is 23.7. The van der Waals surface area contributed by atoms with Crippen LogP contribution in [0.25, 0.3) is 11.1 Å². The Morgan fingerprint density at radius 1 is 0.629 bits per heavy atom. The van der Waals surface area contributed by atoms with Crippen molar-refractivity contribution in [1.82, 2.24) is 16.2 Å². The summed E-state index contributed by atoms with van der Waals surface area (Å²) < 4.78 is 5.73. The Hall–Kier alpha value is -4.49. The van der Waals surface area contributed by atoms with Gasteiger partial charge in [-0.2, -0.15) is 0 Å². The van der Waals surface area contributed by atoms with Gasteiger partial charge in [-0.05, 0) is 65.3 Å². The largest absolute Gasteiger partial charge is 0.489 e. The molecule has 0 aliphatic rings. The number of nitrogens with one attached hydrogen (secondary N) is 3. The van der Waals surface area contributed by atoms with Crippen molar-refractivity contribution < 1.29 is 14.3 Å². The fourth-order valence-electron chi connectivity index (χ4n) is 3.28. The zero-order valence-corrected chi connectivity index (χ0v) is 19.5. The third-order valence-electron chi connectivity index (χ3n) is 5.14. The zero-order valence-electron chi connectivity index (χ0n) is 18.7. The summed E-state index contributed by atoms with van der Waals surface area (Å²) in [4.78, 5) is 24.8. The summed E-state index contributed by atoms with van der Waals surface area (Å²) >= 11 is 5.12. The molecular weight excluding hydrogens is 458 g/mol. The SMILES string of the molecule is O=C(NNC(=S)NC(=O)c1ccc(-c2ccccc2)cc1)c1ccc(OCc2ccccc2)cc1. The molecule has 2 amide bonds. The normalized spacial score (nSPS) is 10.2. The Kier molecular flexibility index (Phi) is 7.83. The van der Waals surface area contributed by atoms with Crippen LogP contribution in [0, 0.1) is 0 Å². The number of thiocarbonyl (C=S) groups is 1. The second-order valence-electron chi connectivity index (χ2n) is 7.60. The van der Waals surface area contributed by atoms with Crippen LogP contribution < -0.4 is 20.9 Å². The standard InChI is InChI=1S/C28H23N3O3S/c32-26(23-13-11-22(12-14-23)21-9-5-2-6-10-21)29-28(35)31-30-27(33)24-15-17-25(18-16-24)34-19-20-7-3-1-4-8-20/h1-18H,19H2,(H,30,33)(H2,29,31,32,35). The lowest BCUT2D eigenvalue weighted by molar-refractivity contribution is 0.0934. The first-order chi connectivity index (χ1) is 17.1. The topological polar surface area (TPSA) is 79.5 Å². The molecule has 0 aromatic heterocycles. The third-order valence-corrected chi connectivity index (χ3v) is 5.34. The molecule has 0 unspecified atom stereocenters. The van der Waals surface area contributed by atoms with Crippen LogP contribution in [0.1, 0.15) is 26.3 Å². The van der Waals surface area contributed by atoms with E-state index in [0.717, 1.165) is 16.7 Å². The van der Waals surface area contributed by atoms with Gasteiger partial charge in [0.2, 0.25) is 0 Å². The van der Waals surface area contributed by atoms with Crippen LogP contribution in [0.5, 0.6) is 5.75 Å². The van der Waals surface area contributed by atoms with Gasteiger partial charge in [-0.25, -0.2) is 0 Å². The molecule has 0 atom stereocenters. The van der Waals surface area contributed by atoms with Crippen LogP contribution >= 0.6 is 12.2 Å². The van der Waals surface area contributed by atoms with Gasteiger partial charge in [-0.3, -0.25) is 25.8 Å². The summed E-state index contributed by atoms with van der Waals surface area (Å²) in [6, 6.07) is 33.6. The Morgan fingerprint density at radius 3 is 1.83 bits per heavy atom. The number of amides is 2. The third kappa shape index (κ3) is 6.75. The Bertz CT molecular complexity index is 1290. The molecular formula is C28H23N3O3S. The Balaban J connectivity index is 1.23. The van der Waals surface area contributed by atoms with Gasteiger partial charge in [0.25, 0.3) is 11.8 Å². The van der Waals surface area contributed by atoms with Gasteiger partial charge in [0.15, 0.2) is 5.11 Å². The highest BCUT2D eigenvalue weighted by molar-refractivity contribution is 7.80. The van der Waals surface area contributed by atoms with Crippen LogP contribution in [0.2, 0.25) is 0 Å². The molecule has 0 radical (unpaired) electrons. The molecule has 0 aliphatic heterocycles. The van der Waals surface area contributed by atoms with Crippen LogP contribution in [-0.4, -0.2) is 16.9 Å². The van der Waals surface area contributed by atoms with Crippen molar-refractivity contribution in [2.75, 3.05) is 0 Å². The highest BCUT2D eigenvalue weighted by Gasteiger charge is 2.10. The van der Waals surface area contributed by atoms with Crippen molar-refractivity contribution in [3.8, 4) is 16.9 Å². The molecule has 0 saturated heterocycles. The van der Waals surface area contributed by atoms with Crippen LogP contribution in [-0.2, 0) is 6.61 Å². The molecule has 0 saturated carbocycles. The minimum Gasteiger partial charge on any atom is -0.489 e. The van der Waals surface area contributed by atoms with E-state index in [1.165, 1.54) is 0 Å². The van der Waals surface area contributed by atoms with E-state index in [1.54, 1.807) is 36.4 Å². The van der Waals surface area contributed by atoms with Gasteiger partial charge in [0, 0.05) is 11.1 Å². The number of ether oxygens (including phenoxy) is 1. The maximum Gasteiger partial charge on any atom is 0.269 e. The maximum absolute atomic E-state index is 12.5. The molecule has 0 aliphatic carbocycles. The second-order valence-corrected chi connectivity index (χ2v) is 8.01. The predicted molar refractivity (Wildman–Crippen MR) is 140 cm³/mol. The quantitative estimate of drug-likeness (QED) is 0.270. The molecule has 3 N–H and O–H groups in total. The smallest absolute Gasteiger partial charge is 0.269 e. The minimum atomic E-state index is -0.400. The van der Waals surface area contributed by atoms with Gasteiger partial charge in [0.1, 0.15) is 12.4 Å². The predicted octanol–water partition coefficient (Wildman–Crippen LogP) is 4.88. The Morgan fingerprint density at radius 2 is 1.17 bits per heavy atom. The number of carbonyl (C=O) groups is 2. The second kappa shape index (κ2) is 11.6. The highest BCUT2D eigenvalue weighted by atomic mass is 32.1. The van der Waals surface area contributed by atoms with Crippen LogP contribution in [0.4, 0.5) is 0 Å². The van der Waals surface area contributed by atoms with E-state index in [9.17, 15) is 9.59 Å². The zero-order chi connectivity index (χ0) is 24.5. The maximum atomic E-state index is 12.5. The van der Waals surface area contributed by atoms with Crippen molar-refractivity contribution in [3.63, 3.8) is 0 Å². The van der Waals surface area contributed by atoms with E-state index < -0.39 is 5.91 Å². The summed E-state index contributed by atoms with van der Waals surface area (Å²) in [7, 11) is 0. The molecule has 174 valence electrons. The molecule has 0 fully saturated rings. The van der Waals surface area contributed by atoms with E-state index in [4.69, 9.17) is 17.0 Å². The average molecular weight is 482 g/mol. The number of hydrogen-bond donors (Lipinski definition) is 3. The van der Waals surface area contributed by atoms with Crippen molar-refractivity contribution >= 4 is 29.1 Å². The van der Waals surface area contributed by atoms with Gasteiger partial charge < -0.3 is 4.74 Å². The molecule has 4 rings (SSSR count). The lowest BCUT2D eigenvalue weighted by Gasteiger charge is -2.12. The monoisotopic (exact) mass is 481 g/mol. The van der Waals surface area contributed by atoms with Gasteiger partial charge in [0.05, 0.1) is 0 Å². The van der Waals surface area contributed by atoms with Crippen molar-refractivity contribution in [2.24, 2.45) is 0 Å². The van der Waals surface area contributed by atoms with Gasteiger partial charge in [-0.15, -0.1) is 0 Å². The average Bonchev–Trinajstić information content (AvgIpc) is 2.92. The highest BCUT2D eigenvalue weighted by Crippen LogP contribution is 2.19. The molecule has 4 aromatic carbocycles. The van der Waals surface area contributed by atoms with Crippen LogP contribution in [0.3, 0.4) is 0 Å². The molecule has 6 nitrogen and oxygen atoms in total. The van der Waals surface area contributed by atoms with E-state index in [0.29, 0.717) is 23.5 Å². The number of hydrogen-bond acceptors (Lipinski definition) is 4.